The van der Waals surface area contributed by atoms with Gasteiger partial charge in [0.05, 0.1) is 12.8 Å². The Balaban J connectivity index is 1.96. The number of nitrogens with one attached hydrogen (secondary N) is 2. The number of aromatic nitrogens is 3. The van der Waals surface area contributed by atoms with E-state index in [1.807, 2.05) is 32.0 Å². The third-order valence-electron chi connectivity index (χ3n) is 3.10. The van der Waals surface area contributed by atoms with E-state index >= 15 is 0 Å². The highest BCUT2D eigenvalue weighted by Gasteiger charge is 2.11. The molecule has 0 saturated heterocycles. The number of carbonyl (C=O) groups excluding carboxylic acids is 2. The number of ether oxygens (including phenoxy) is 1. The molecule has 0 radical (unpaired) electrons. The Kier molecular flexibility index (Phi) is 5.29. The minimum absolute atomic E-state index is 0.00865. The Morgan fingerprint density at radius 3 is 2.57 bits per heavy atom. The topological polar surface area (TPSA) is 98.1 Å². The Morgan fingerprint density at radius 1 is 1.22 bits per heavy atom. The van der Waals surface area contributed by atoms with E-state index in [1.54, 1.807) is 6.92 Å². The van der Waals surface area contributed by atoms with Gasteiger partial charge in [0.25, 0.3) is 0 Å². The van der Waals surface area contributed by atoms with Crippen LogP contribution in [0.2, 0.25) is 0 Å². The Labute approximate surface area is 133 Å². The fourth-order valence-corrected chi connectivity index (χ4v) is 2.04. The van der Waals surface area contributed by atoms with Gasteiger partial charge in [-0.25, -0.2) is 9.48 Å². The van der Waals surface area contributed by atoms with E-state index in [0.29, 0.717) is 0 Å². The van der Waals surface area contributed by atoms with Crippen LogP contribution < -0.4 is 10.6 Å². The van der Waals surface area contributed by atoms with Gasteiger partial charge in [0.2, 0.25) is 5.91 Å². The standard InChI is InChI=1S/C15H19N5O3/c1-4-23-15(22)16-12-8-20(19-18-12)9-13(21)17-14-10(2)6-5-7-11(14)3/h5-8H,4,9H2,1-3H3,(H,16,22)(H,17,21). The number of hydrogen-bond acceptors (Lipinski definition) is 5. The smallest absolute Gasteiger partial charge is 0.412 e. The van der Waals surface area contributed by atoms with Crippen LogP contribution in [0.25, 0.3) is 0 Å². The second-order valence-corrected chi connectivity index (χ2v) is 4.96. The van der Waals surface area contributed by atoms with E-state index in [4.69, 9.17) is 4.74 Å². The van der Waals surface area contributed by atoms with Crippen LogP contribution in [0.3, 0.4) is 0 Å². The Bertz CT molecular complexity index is 691. The van der Waals surface area contributed by atoms with Crippen LogP contribution in [0.1, 0.15) is 18.1 Å². The summed E-state index contributed by atoms with van der Waals surface area (Å²) in [6.45, 7) is 5.82. The van der Waals surface area contributed by atoms with Crippen molar-refractivity contribution in [2.24, 2.45) is 0 Å². The van der Waals surface area contributed by atoms with Crippen LogP contribution in [-0.4, -0.2) is 33.6 Å². The molecule has 2 aromatic rings. The predicted octanol–water partition coefficient (Wildman–Crippen LogP) is 2.10. The molecule has 1 heterocycles. The first-order valence-electron chi connectivity index (χ1n) is 7.19. The first kappa shape index (κ1) is 16.5. The third kappa shape index (κ3) is 4.53. The van der Waals surface area contributed by atoms with Gasteiger partial charge >= 0.3 is 6.09 Å². The summed E-state index contributed by atoms with van der Waals surface area (Å²) in [5.74, 6) is -0.00157. The van der Waals surface area contributed by atoms with Gasteiger partial charge in [0.15, 0.2) is 5.82 Å². The van der Waals surface area contributed by atoms with E-state index in [2.05, 4.69) is 20.9 Å². The molecule has 0 spiro atoms. The van der Waals surface area contributed by atoms with Crippen molar-refractivity contribution < 1.29 is 14.3 Å². The number of rotatable bonds is 5. The van der Waals surface area contributed by atoms with Gasteiger partial charge in [-0.2, -0.15) is 0 Å². The summed E-state index contributed by atoms with van der Waals surface area (Å²) in [5, 5.41) is 12.8. The van der Waals surface area contributed by atoms with Gasteiger partial charge in [0.1, 0.15) is 6.54 Å². The van der Waals surface area contributed by atoms with E-state index in [-0.39, 0.29) is 24.9 Å². The average molecular weight is 317 g/mol. The first-order valence-corrected chi connectivity index (χ1v) is 7.19. The van der Waals surface area contributed by atoms with Gasteiger partial charge in [-0.1, -0.05) is 23.4 Å². The molecule has 8 nitrogen and oxygen atoms in total. The SMILES string of the molecule is CCOC(=O)Nc1cn(CC(=O)Nc2c(C)cccc2C)nn1. The number of aryl methyl sites for hydroxylation is 2. The molecular formula is C15H19N5O3. The van der Waals surface area contributed by atoms with Gasteiger partial charge in [0, 0.05) is 5.69 Å². The fraction of sp³-hybridized carbons (Fsp3) is 0.333. The molecule has 23 heavy (non-hydrogen) atoms. The van der Waals surface area contributed by atoms with Crippen molar-refractivity contribution in [3.8, 4) is 0 Å². The lowest BCUT2D eigenvalue weighted by Gasteiger charge is -2.11. The lowest BCUT2D eigenvalue weighted by Crippen LogP contribution is -2.20. The van der Waals surface area contributed by atoms with Crippen molar-refractivity contribution in [1.82, 2.24) is 15.0 Å². The van der Waals surface area contributed by atoms with E-state index in [1.165, 1.54) is 10.9 Å². The molecule has 0 unspecified atom stereocenters. The molecule has 0 aliphatic carbocycles. The van der Waals surface area contributed by atoms with E-state index < -0.39 is 6.09 Å². The third-order valence-corrected chi connectivity index (χ3v) is 3.10. The zero-order valence-corrected chi connectivity index (χ0v) is 13.3. The van der Waals surface area contributed by atoms with Crippen LogP contribution >= 0.6 is 0 Å². The first-order chi connectivity index (χ1) is 11.0. The Morgan fingerprint density at radius 2 is 1.91 bits per heavy atom. The maximum absolute atomic E-state index is 12.1. The summed E-state index contributed by atoms with van der Waals surface area (Å²) in [6.07, 6.45) is 0.848. The highest BCUT2D eigenvalue weighted by molar-refractivity contribution is 5.92. The summed E-state index contributed by atoms with van der Waals surface area (Å²) >= 11 is 0. The van der Waals surface area contributed by atoms with Gasteiger partial charge in [-0.3, -0.25) is 10.1 Å². The lowest BCUT2D eigenvalue weighted by molar-refractivity contribution is -0.116. The van der Waals surface area contributed by atoms with Crippen LogP contribution in [-0.2, 0) is 16.1 Å². The van der Waals surface area contributed by atoms with Crippen molar-refractivity contribution >= 4 is 23.5 Å². The van der Waals surface area contributed by atoms with Crippen molar-refractivity contribution in [2.45, 2.75) is 27.3 Å². The number of benzene rings is 1. The second kappa shape index (κ2) is 7.39. The van der Waals surface area contributed by atoms with Crippen molar-refractivity contribution in [3.63, 3.8) is 0 Å². The fourth-order valence-electron chi connectivity index (χ4n) is 2.04. The number of nitrogens with zero attached hydrogens (tertiary/aromatic N) is 3. The predicted molar refractivity (Wildman–Crippen MR) is 85.2 cm³/mol. The molecule has 0 saturated carbocycles. The molecule has 2 amide bonds. The summed E-state index contributed by atoms with van der Waals surface area (Å²) < 4.78 is 6.07. The number of carbonyl (C=O) groups is 2. The zero-order valence-electron chi connectivity index (χ0n) is 13.3. The zero-order chi connectivity index (χ0) is 16.8. The number of para-hydroxylation sites is 1. The van der Waals surface area contributed by atoms with E-state index in [9.17, 15) is 9.59 Å². The second-order valence-electron chi connectivity index (χ2n) is 4.96. The molecule has 8 heteroatoms. The normalized spacial score (nSPS) is 10.2. The maximum Gasteiger partial charge on any atom is 0.412 e. The quantitative estimate of drug-likeness (QED) is 0.880. The highest BCUT2D eigenvalue weighted by Crippen LogP contribution is 2.19. The molecule has 122 valence electrons. The molecule has 0 fully saturated rings. The lowest BCUT2D eigenvalue weighted by atomic mass is 10.1. The van der Waals surface area contributed by atoms with Crippen molar-refractivity contribution in [3.05, 3.63) is 35.5 Å². The minimum atomic E-state index is -0.612. The van der Waals surface area contributed by atoms with Crippen molar-refractivity contribution in [2.75, 3.05) is 17.2 Å². The largest absolute Gasteiger partial charge is 0.450 e. The summed E-state index contributed by atoms with van der Waals surface area (Å²) in [5.41, 5.74) is 2.77. The van der Waals surface area contributed by atoms with Crippen LogP contribution in [0.4, 0.5) is 16.3 Å². The van der Waals surface area contributed by atoms with Gasteiger partial charge in [-0.15, -0.1) is 5.10 Å². The summed E-state index contributed by atoms with van der Waals surface area (Å²) in [7, 11) is 0. The molecular weight excluding hydrogens is 298 g/mol. The molecule has 1 aromatic heterocycles. The van der Waals surface area contributed by atoms with E-state index in [0.717, 1.165) is 16.8 Å². The highest BCUT2D eigenvalue weighted by atomic mass is 16.5. The molecule has 1 aromatic carbocycles. The van der Waals surface area contributed by atoms with Crippen LogP contribution in [0.15, 0.2) is 24.4 Å². The molecule has 0 bridgehead atoms. The monoisotopic (exact) mass is 317 g/mol. The van der Waals surface area contributed by atoms with Gasteiger partial charge in [-0.05, 0) is 31.9 Å². The van der Waals surface area contributed by atoms with Crippen molar-refractivity contribution in [1.29, 1.82) is 0 Å². The summed E-state index contributed by atoms with van der Waals surface area (Å²) in [4.78, 5) is 23.4. The molecule has 0 aliphatic heterocycles. The number of amides is 2. The summed E-state index contributed by atoms with van der Waals surface area (Å²) in [6, 6.07) is 5.80. The molecule has 0 aliphatic rings. The van der Waals surface area contributed by atoms with Gasteiger partial charge < -0.3 is 10.1 Å². The van der Waals surface area contributed by atoms with Crippen LogP contribution in [0.5, 0.6) is 0 Å². The average Bonchev–Trinajstić information content (AvgIpc) is 2.90. The molecule has 2 rings (SSSR count). The maximum atomic E-state index is 12.1. The van der Waals surface area contributed by atoms with Crippen LogP contribution in [0, 0.1) is 13.8 Å². The number of hydrogen-bond donors (Lipinski definition) is 2. The number of anilines is 2. The molecule has 0 atom stereocenters. The Hall–Kier alpha value is -2.90. The molecule has 2 N–H and O–H groups in total. The minimum Gasteiger partial charge on any atom is -0.450 e.